The van der Waals surface area contributed by atoms with E-state index in [0.29, 0.717) is 0 Å². The van der Waals surface area contributed by atoms with Gasteiger partial charge in [-0.25, -0.2) is 0 Å². The summed E-state index contributed by atoms with van der Waals surface area (Å²) in [7, 11) is 0. The molecule has 0 unspecified atom stereocenters. The van der Waals surface area contributed by atoms with Crippen LogP contribution in [0.5, 0.6) is 0 Å². The molecule has 0 saturated carbocycles. The molecule has 0 amide bonds. The summed E-state index contributed by atoms with van der Waals surface area (Å²) in [5.41, 5.74) is 2.64. The summed E-state index contributed by atoms with van der Waals surface area (Å²) in [5.74, 6) is 1.60. The standard InChI is InChI=1S/C18H26N4O/c1-3-4-8-17-19-18(23-20-17)14-21-9-11-22(12-10-21)16-7-5-6-15(2)13-16/h5-7,13H,3-4,8-12,14H2,1-2H3. The van der Waals surface area contributed by atoms with E-state index in [2.05, 4.69) is 58.1 Å². The molecule has 1 aliphatic rings. The molecule has 5 nitrogen and oxygen atoms in total. The molecule has 3 rings (SSSR count). The minimum atomic E-state index is 0.750. The Bertz CT molecular complexity index is 617. The van der Waals surface area contributed by atoms with Gasteiger partial charge in [0.2, 0.25) is 5.89 Å². The number of nitrogens with zero attached hydrogens (tertiary/aromatic N) is 4. The number of anilines is 1. The SMILES string of the molecule is CCCCc1noc(CN2CCN(c3cccc(C)c3)CC2)n1. The lowest BCUT2D eigenvalue weighted by Crippen LogP contribution is -2.46. The molecule has 1 aromatic heterocycles. The number of hydrogen-bond donors (Lipinski definition) is 0. The Hall–Kier alpha value is -1.88. The quantitative estimate of drug-likeness (QED) is 0.820. The molecule has 1 aliphatic heterocycles. The first-order valence-corrected chi connectivity index (χ1v) is 8.60. The molecule has 0 spiro atoms. The minimum absolute atomic E-state index is 0.750. The third kappa shape index (κ3) is 4.32. The van der Waals surface area contributed by atoms with Crippen LogP contribution in [0.4, 0.5) is 5.69 Å². The van der Waals surface area contributed by atoms with Crippen molar-refractivity contribution in [3.8, 4) is 0 Å². The van der Waals surface area contributed by atoms with Crippen LogP contribution in [0.3, 0.4) is 0 Å². The van der Waals surface area contributed by atoms with Gasteiger partial charge in [0.25, 0.3) is 0 Å². The van der Waals surface area contributed by atoms with Gasteiger partial charge in [0.15, 0.2) is 5.82 Å². The maximum absolute atomic E-state index is 5.38. The molecule has 2 aromatic rings. The first kappa shape index (κ1) is 16.0. The van der Waals surface area contributed by atoms with E-state index in [-0.39, 0.29) is 0 Å². The largest absolute Gasteiger partial charge is 0.369 e. The molecule has 5 heteroatoms. The lowest BCUT2D eigenvalue weighted by Gasteiger charge is -2.35. The Morgan fingerprint density at radius 3 is 2.74 bits per heavy atom. The topological polar surface area (TPSA) is 45.4 Å². The third-order valence-electron chi connectivity index (χ3n) is 4.36. The molecular formula is C18H26N4O. The van der Waals surface area contributed by atoms with Crippen LogP contribution < -0.4 is 4.90 Å². The van der Waals surface area contributed by atoms with E-state index < -0.39 is 0 Å². The zero-order valence-corrected chi connectivity index (χ0v) is 14.2. The molecule has 0 N–H and O–H groups in total. The molecule has 1 aromatic carbocycles. The summed E-state index contributed by atoms with van der Waals surface area (Å²) in [6, 6.07) is 8.73. The molecule has 0 radical (unpaired) electrons. The minimum Gasteiger partial charge on any atom is -0.369 e. The van der Waals surface area contributed by atoms with Crippen molar-refractivity contribution in [3.63, 3.8) is 0 Å². The van der Waals surface area contributed by atoms with E-state index in [0.717, 1.165) is 63.7 Å². The van der Waals surface area contributed by atoms with Gasteiger partial charge in [0.1, 0.15) is 0 Å². The first-order chi connectivity index (χ1) is 11.2. The summed E-state index contributed by atoms with van der Waals surface area (Å²) >= 11 is 0. The predicted octanol–water partition coefficient (Wildman–Crippen LogP) is 3.04. The lowest BCUT2D eigenvalue weighted by molar-refractivity contribution is 0.215. The Morgan fingerprint density at radius 1 is 1.17 bits per heavy atom. The number of hydrogen-bond acceptors (Lipinski definition) is 5. The van der Waals surface area contributed by atoms with Crippen LogP contribution >= 0.6 is 0 Å². The number of aryl methyl sites for hydroxylation is 2. The maximum Gasteiger partial charge on any atom is 0.240 e. The second kappa shape index (κ2) is 7.59. The Balaban J connectivity index is 1.50. The Labute approximate surface area is 138 Å². The molecule has 0 atom stereocenters. The van der Waals surface area contributed by atoms with Gasteiger partial charge in [-0.3, -0.25) is 4.90 Å². The van der Waals surface area contributed by atoms with Crippen LogP contribution in [0.1, 0.15) is 37.0 Å². The number of benzene rings is 1. The second-order valence-corrected chi connectivity index (χ2v) is 6.31. The van der Waals surface area contributed by atoms with Crippen LogP contribution in [0.2, 0.25) is 0 Å². The van der Waals surface area contributed by atoms with E-state index in [1.54, 1.807) is 0 Å². The molecule has 2 heterocycles. The number of unbranched alkanes of at least 4 members (excludes halogenated alkanes) is 1. The normalized spacial score (nSPS) is 16.0. The van der Waals surface area contributed by atoms with Crippen molar-refractivity contribution in [1.82, 2.24) is 15.0 Å². The van der Waals surface area contributed by atoms with Gasteiger partial charge in [-0.05, 0) is 31.0 Å². The van der Waals surface area contributed by atoms with Crippen molar-refractivity contribution in [2.75, 3.05) is 31.1 Å². The van der Waals surface area contributed by atoms with Crippen molar-refractivity contribution >= 4 is 5.69 Å². The first-order valence-electron chi connectivity index (χ1n) is 8.60. The number of rotatable bonds is 6. The number of piperazine rings is 1. The molecule has 124 valence electrons. The summed E-state index contributed by atoms with van der Waals surface area (Å²) in [6.07, 6.45) is 3.19. The number of aromatic nitrogens is 2. The summed E-state index contributed by atoms with van der Waals surface area (Å²) in [6.45, 7) is 9.22. The average molecular weight is 314 g/mol. The van der Waals surface area contributed by atoms with Crippen LogP contribution in [0.25, 0.3) is 0 Å². The van der Waals surface area contributed by atoms with Crippen molar-refractivity contribution in [3.05, 3.63) is 41.5 Å². The van der Waals surface area contributed by atoms with Crippen molar-refractivity contribution in [2.24, 2.45) is 0 Å². The molecule has 1 saturated heterocycles. The highest BCUT2D eigenvalue weighted by atomic mass is 16.5. The highest BCUT2D eigenvalue weighted by Gasteiger charge is 2.19. The van der Waals surface area contributed by atoms with Gasteiger partial charge < -0.3 is 9.42 Å². The molecule has 0 aliphatic carbocycles. The molecule has 0 bridgehead atoms. The van der Waals surface area contributed by atoms with Crippen LogP contribution in [0.15, 0.2) is 28.8 Å². The molecule has 23 heavy (non-hydrogen) atoms. The van der Waals surface area contributed by atoms with E-state index in [1.165, 1.54) is 11.3 Å². The summed E-state index contributed by atoms with van der Waals surface area (Å²) in [4.78, 5) is 9.34. The second-order valence-electron chi connectivity index (χ2n) is 6.31. The Morgan fingerprint density at radius 2 is 2.00 bits per heavy atom. The van der Waals surface area contributed by atoms with E-state index in [9.17, 15) is 0 Å². The van der Waals surface area contributed by atoms with Crippen LogP contribution in [-0.2, 0) is 13.0 Å². The highest BCUT2D eigenvalue weighted by molar-refractivity contribution is 5.48. The molecule has 1 fully saturated rings. The van der Waals surface area contributed by atoms with Gasteiger partial charge >= 0.3 is 0 Å². The van der Waals surface area contributed by atoms with Crippen molar-refractivity contribution < 1.29 is 4.52 Å². The highest BCUT2D eigenvalue weighted by Crippen LogP contribution is 2.18. The fourth-order valence-corrected chi connectivity index (χ4v) is 2.97. The van der Waals surface area contributed by atoms with Gasteiger partial charge in [-0.1, -0.05) is 30.6 Å². The van der Waals surface area contributed by atoms with E-state index in [4.69, 9.17) is 4.52 Å². The third-order valence-corrected chi connectivity index (χ3v) is 4.36. The predicted molar refractivity (Wildman–Crippen MR) is 91.6 cm³/mol. The summed E-state index contributed by atoms with van der Waals surface area (Å²) in [5, 5.41) is 4.07. The monoisotopic (exact) mass is 314 g/mol. The zero-order chi connectivity index (χ0) is 16.1. The van der Waals surface area contributed by atoms with Crippen LogP contribution in [0, 0.1) is 6.92 Å². The van der Waals surface area contributed by atoms with Crippen molar-refractivity contribution in [2.45, 2.75) is 39.7 Å². The average Bonchev–Trinajstić information content (AvgIpc) is 3.01. The summed E-state index contributed by atoms with van der Waals surface area (Å²) < 4.78 is 5.38. The molecular weight excluding hydrogens is 288 g/mol. The van der Waals surface area contributed by atoms with Gasteiger partial charge in [-0.15, -0.1) is 0 Å². The fourth-order valence-electron chi connectivity index (χ4n) is 2.97. The lowest BCUT2D eigenvalue weighted by atomic mass is 10.2. The van der Waals surface area contributed by atoms with Gasteiger partial charge in [0.05, 0.1) is 6.54 Å². The van der Waals surface area contributed by atoms with E-state index >= 15 is 0 Å². The van der Waals surface area contributed by atoms with Crippen LogP contribution in [-0.4, -0.2) is 41.2 Å². The smallest absolute Gasteiger partial charge is 0.240 e. The maximum atomic E-state index is 5.38. The Kier molecular flexibility index (Phi) is 5.28. The zero-order valence-electron chi connectivity index (χ0n) is 14.2. The van der Waals surface area contributed by atoms with E-state index in [1.807, 2.05) is 0 Å². The van der Waals surface area contributed by atoms with Crippen molar-refractivity contribution in [1.29, 1.82) is 0 Å². The van der Waals surface area contributed by atoms with Gasteiger partial charge in [0, 0.05) is 38.3 Å². The fraction of sp³-hybridized carbons (Fsp3) is 0.556. The van der Waals surface area contributed by atoms with Gasteiger partial charge in [-0.2, -0.15) is 4.98 Å².